The van der Waals surface area contributed by atoms with Gasteiger partial charge in [-0.05, 0) is 23.8 Å². The number of carbonyl (C=O) groups is 1. The predicted molar refractivity (Wildman–Crippen MR) is 94.3 cm³/mol. The molecule has 0 aliphatic carbocycles. The average Bonchev–Trinajstić information content (AvgIpc) is 2.54. The van der Waals surface area contributed by atoms with E-state index < -0.39 is 10.0 Å². The van der Waals surface area contributed by atoms with Crippen molar-refractivity contribution in [3.05, 3.63) is 59.4 Å². The lowest BCUT2D eigenvalue weighted by Gasteiger charge is -2.23. The van der Waals surface area contributed by atoms with E-state index in [1.807, 2.05) is 6.07 Å². The number of aromatic nitrogens is 1. The fraction of sp³-hybridized carbons (Fsp3) is 0.250. The van der Waals surface area contributed by atoms with E-state index in [0.29, 0.717) is 17.3 Å². The molecule has 0 unspecified atom stereocenters. The first kappa shape index (κ1) is 18.2. The van der Waals surface area contributed by atoms with Crippen molar-refractivity contribution in [2.45, 2.75) is 13.0 Å². The van der Waals surface area contributed by atoms with Gasteiger partial charge in [0.1, 0.15) is 0 Å². The van der Waals surface area contributed by atoms with Gasteiger partial charge in [0, 0.05) is 31.9 Å². The van der Waals surface area contributed by atoms with Crippen LogP contribution in [-0.2, 0) is 21.4 Å². The molecule has 0 saturated heterocycles. The van der Waals surface area contributed by atoms with Crippen LogP contribution in [-0.4, -0.2) is 32.1 Å². The highest BCUT2D eigenvalue weighted by atomic mass is 35.5. The van der Waals surface area contributed by atoms with Crippen molar-refractivity contribution >= 4 is 33.2 Å². The number of hydrogen-bond acceptors (Lipinski definition) is 4. The fourth-order valence-electron chi connectivity index (χ4n) is 2.11. The Hall–Kier alpha value is -2.12. The lowest BCUT2D eigenvalue weighted by atomic mass is 10.2. The maximum Gasteiger partial charge on any atom is 0.232 e. The number of benzene rings is 1. The molecule has 2 rings (SSSR count). The number of amides is 1. The normalized spacial score (nSPS) is 11.1. The summed E-state index contributed by atoms with van der Waals surface area (Å²) in [5, 5.41) is 3.06. The monoisotopic (exact) mass is 367 g/mol. The van der Waals surface area contributed by atoms with Crippen molar-refractivity contribution in [1.29, 1.82) is 0 Å². The zero-order chi connectivity index (χ0) is 17.6. The number of pyridine rings is 1. The van der Waals surface area contributed by atoms with E-state index in [4.69, 9.17) is 11.6 Å². The quantitative estimate of drug-likeness (QED) is 0.813. The molecule has 0 bridgehead atoms. The Morgan fingerprint density at radius 1 is 1.25 bits per heavy atom. The highest BCUT2D eigenvalue weighted by Gasteiger charge is 2.20. The zero-order valence-electron chi connectivity index (χ0n) is 13.1. The van der Waals surface area contributed by atoms with Gasteiger partial charge in [-0.2, -0.15) is 0 Å². The number of hydrogen-bond donors (Lipinski definition) is 1. The first-order valence-electron chi connectivity index (χ1n) is 7.26. The maximum absolute atomic E-state index is 12.0. The topological polar surface area (TPSA) is 79.4 Å². The van der Waals surface area contributed by atoms with Crippen molar-refractivity contribution in [2.75, 3.05) is 17.1 Å². The Kier molecular flexibility index (Phi) is 6.16. The molecule has 0 radical (unpaired) electrons. The molecule has 0 saturated carbocycles. The number of para-hydroxylation sites is 1. The highest BCUT2D eigenvalue weighted by molar-refractivity contribution is 7.92. The largest absolute Gasteiger partial charge is 0.352 e. The van der Waals surface area contributed by atoms with Gasteiger partial charge in [0.2, 0.25) is 15.9 Å². The number of halogens is 1. The van der Waals surface area contributed by atoms with Gasteiger partial charge in [-0.1, -0.05) is 29.8 Å². The van der Waals surface area contributed by atoms with E-state index in [-0.39, 0.29) is 18.9 Å². The Morgan fingerprint density at radius 3 is 2.62 bits per heavy atom. The minimum Gasteiger partial charge on any atom is -0.352 e. The number of nitrogens with one attached hydrogen (secondary N) is 1. The average molecular weight is 368 g/mol. The lowest BCUT2D eigenvalue weighted by molar-refractivity contribution is -0.121. The van der Waals surface area contributed by atoms with E-state index in [1.54, 1.807) is 42.7 Å². The smallest absolute Gasteiger partial charge is 0.232 e. The maximum atomic E-state index is 12.0. The standard InChI is InChI=1S/C16H18ClN3O3S/c1-24(22,23)20(15-7-3-2-6-14(15)17)10-8-16(21)19-12-13-5-4-9-18-11-13/h2-7,9,11H,8,10,12H2,1H3,(H,19,21). The lowest BCUT2D eigenvalue weighted by Crippen LogP contribution is -2.34. The molecule has 2 aromatic rings. The molecule has 0 aliphatic rings. The van der Waals surface area contributed by atoms with Gasteiger partial charge in [0.15, 0.2) is 0 Å². The summed E-state index contributed by atoms with van der Waals surface area (Å²) in [6.07, 6.45) is 4.42. The van der Waals surface area contributed by atoms with Crippen molar-refractivity contribution in [3.63, 3.8) is 0 Å². The second-order valence-corrected chi connectivity index (χ2v) is 7.49. The first-order valence-corrected chi connectivity index (χ1v) is 9.48. The Labute approximate surface area is 146 Å². The number of carbonyl (C=O) groups excluding carboxylic acids is 1. The van der Waals surface area contributed by atoms with Crippen LogP contribution < -0.4 is 9.62 Å². The van der Waals surface area contributed by atoms with Gasteiger partial charge >= 0.3 is 0 Å². The van der Waals surface area contributed by atoms with Gasteiger partial charge in [0.05, 0.1) is 17.0 Å². The van der Waals surface area contributed by atoms with Crippen molar-refractivity contribution in [1.82, 2.24) is 10.3 Å². The third-order valence-electron chi connectivity index (χ3n) is 3.28. The molecule has 6 nitrogen and oxygen atoms in total. The van der Waals surface area contributed by atoms with E-state index in [9.17, 15) is 13.2 Å². The summed E-state index contributed by atoms with van der Waals surface area (Å²) >= 11 is 6.07. The number of rotatable bonds is 7. The van der Waals surface area contributed by atoms with Crippen LogP contribution in [0.4, 0.5) is 5.69 Å². The summed E-state index contributed by atoms with van der Waals surface area (Å²) in [4.78, 5) is 15.9. The summed E-state index contributed by atoms with van der Waals surface area (Å²) < 4.78 is 25.1. The summed E-state index contributed by atoms with van der Waals surface area (Å²) in [5.41, 5.74) is 1.23. The minimum atomic E-state index is -3.54. The van der Waals surface area contributed by atoms with Crippen LogP contribution in [0.3, 0.4) is 0 Å². The van der Waals surface area contributed by atoms with E-state index in [1.165, 1.54) is 0 Å². The predicted octanol–water partition coefficient (Wildman–Crippen LogP) is 2.21. The first-order chi connectivity index (χ1) is 11.4. The number of sulfonamides is 1. The SMILES string of the molecule is CS(=O)(=O)N(CCC(=O)NCc1cccnc1)c1ccccc1Cl. The van der Waals surface area contributed by atoms with Crippen LogP contribution >= 0.6 is 11.6 Å². The van der Waals surface area contributed by atoms with Crippen LogP contribution in [0.5, 0.6) is 0 Å². The second kappa shape index (κ2) is 8.12. The van der Waals surface area contributed by atoms with E-state index in [0.717, 1.165) is 16.1 Å². The van der Waals surface area contributed by atoms with Gasteiger partial charge in [-0.15, -0.1) is 0 Å². The minimum absolute atomic E-state index is 0.0153. The molecule has 24 heavy (non-hydrogen) atoms. The van der Waals surface area contributed by atoms with Crippen molar-refractivity contribution in [2.24, 2.45) is 0 Å². The van der Waals surface area contributed by atoms with E-state index >= 15 is 0 Å². The molecular weight excluding hydrogens is 350 g/mol. The van der Waals surface area contributed by atoms with Crippen LogP contribution in [0.25, 0.3) is 0 Å². The molecule has 0 fully saturated rings. The van der Waals surface area contributed by atoms with Crippen LogP contribution in [0.15, 0.2) is 48.8 Å². The molecule has 1 aromatic carbocycles. The molecule has 0 spiro atoms. The Bertz CT molecular complexity index is 797. The summed E-state index contributed by atoms with van der Waals surface area (Å²) in [7, 11) is -3.54. The molecule has 8 heteroatoms. The molecule has 1 heterocycles. The molecule has 0 atom stereocenters. The van der Waals surface area contributed by atoms with Gasteiger partial charge < -0.3 is 5.32 Å². The third kappa shape index (κ3) is 5.21. The molecule has 1 N–H and O–H groups in total. The number of nitrogens with zero attached hydrogens (tertiary/aromatic N) is 2. The van der Waals surface area contributed by atoms with Gasteiger partial charge in [0.25, 0.3) is 0 Å². The van der Waals surface area contributed by atoms with Crippen LogP contribution in [0.1, 0.15) is 12.0 Å². The number of anilines is 1. The molecule has 128 valence electrons. The molecule has 1 aromatic heterocycles. The second-order valence-electron chi connectivity index (χ2n) is 5.17. The molecule has 0 aliphatic heterocycles. The summed E-state index contributed by atoms with van der Waals surface area (Å²) in [6, 6.07) is 10.3. The zero-order valence-corrected chi connectivity index (χ0v) is 14.7. The summed E-state index contributed by atoms with van der Waals surface area (Å²) in [6.45, 7) is 0.360. The van der Waals surface area contributed by atoms with Crippen LogP contribution in [0.2, 0.25) is 5.02 Å². The molecule has 1 amide bonds. The highest BCUT2D eigenvalue weighted by Crippen LogP contribution is 2.27. The third-order valence-corrected chi connectivity index (χ3v) is 4.78. The van der Waals surface area contributed by atoms with Crippen molar-refractivity contribution < 1.29 is 13.2 Å². The van der Waals surface area contributed by atoms with E-state index in [2.05, 4.69) is 10.3 Å². The Balaban J connectivity index is 1.98. The van der Waals surface area contributed by atoms with Crippen LogP contribution in [0, 0.1) is 0 Å². The molecular formula is C16H18ClN3O3S. The van der Waals surface area contributed by atoms with Gasteiger partial charge in [-0.3, -0.25) is 14.1 Å². The Morgan fingerprint density at radius 2 is 2.00 bits per heavy atom. The van der Waals surface area contributed by atoms with Gasteiger partial charge in [-0.25, -0.2) is 8.42 Å². The van der Waals surface area contributed by atoms with Crippen molar-refractivity contribution in [3.8, 4) is 0 Å². The summed E-state index contributed by atoms with van der Waals surface area (Å²) in [5.74, 6) is -0.250. The fourth-order valence-corrected chi connectivity index (χ4v) is 3.34.